The third-order valence-electron chi connectivity index (χ3n) is 4.20. The second kappa shape index (κ2) is 11.6. The summed E-state index contributed by atoms with van der Waals surface area (Å²) in [5, 5.41) is 17.2. The zero-order chi connectivity index (χ0) is 22.1. The molecule has 0 saturated heterocycles. The molecule has 0 saturated carbocycles. The zero-order valence-electron chi connectivity index (χ0n) is 17.4. The van der Waals surface area contributed by atoms with Crippen LogP contribution in [0.1, 0.15) is 37.9 Å². The van der Waals surface area contributed by atoms with Crippen LogP contribution in [0.3, 0.4) is 0 Å². The number of rotatable bonds is 11. The predicted molar refractivity (Wildman–Crippen MR) is 120 cm³/mol. The van der Waals surface area contributed by atoms with Crippen LogP contribution in [-0.4, -0.2) is 49.4 Å². The second-order valence-corrected chi connectivity index (χ2v) is 8.41. The minimum Gasteiger partial charge on any atom is -0.466 e. The SMILES string of the molecule is CCCCc1ccc(-n2nnnc2SCC(=O)Nc2nc(CC(=O)OCC)cs2)cc1. The van der Waals surface area contributed by atoms with Crippen molar-refractivity contribution in [2.75, 3.05) is 17.7 Å². The molecule has 1 N–H and O–H groups in total. The Bertz CT molecular complexity index is 1000. The summed E-state index contributed by atoms with van der Waals surface area (Å²) in [5.74, 6) is -0.445. The topological polar surface area (TPSA) is 112 Å². The smallest absolute Gasteiger partial charge is 0.311 e. The van der Waals surface area contributed by atoms with Gasteiger partial charge in [-0.2, -0.15) is 4.68 Å². The molecular weight excluding hydrogens is 436 g/mol. The zero-order valence-corrected chi connectivity index (χ0v) is 19.0. The van der Waals surface area contributed by atoms with Gasteiger partial charge in [0.05, 0.1) is 30.2 Å². The van der Waals surface area contributed by atoms with E-state index >= 15 is 0 Å². The molecular formula is C20H24N6O3S2. The molecule has 164 valence electrons. The van der Waals surface area contributed by atoms with E-state index < -0.39 is 0 Å². The number of nitrogens with one attached hydrogen (secondary N) is 1. The molecule has 0 fully saturated rings. The molecule has 0 aliphatic rings. The monoisotopic (exact) mass is 460 g/mol. The highest BCUT2D eigenvalue weighted by Gasteiger charge is 2.14. The number of benzene rings is 1. The van der Waals surface area contributed by atoms with Gasteiger partial charge in [-0.25, -0.2) is 4.98 Å². The fourth-order valence-electron chi connectivity index (χ4n) is 2.71. The van der Waals surface area contributed by atoms with Crippen molar-refractivity contribution in [1.29, 1.82) is 0 Å². The average Bonchev–Trinajstić information content (AvgIpc) is 3.40. The quantitative estimate of drug-likeness (QED) is 0.343. The van der Waals surface area contributed by atoms with Gasteiger partial charge in [-0.1, -0.05) is 37.2 Å². The number of nitrogens with zero attached hydrogens (tertiary/aromatic N) is 5. The summed E-state index contributed by atoms with van der Waals surface area (Å²) in [5.41, 5.74) is 2.69. The molecule has 31 heavy (non-hydrogen) atoms. The highest BCUT2D eigenvalue weighted by atomic mass is 32.2. The van der Waals surface area contributed by atoms with Crippen LogP contribution in [0.5, 0.6) is 0 Å². The average molecular weight is 461 g/mol. The first kappa shape index (κ1) is 22.9. The van der Waals surface area contributed by atoms with Gasteiger partial charge >= 0.3 is 5.97 Å². The minimum atomic E-state index is -0.341. The number of hydrogen-bond donors (Lipinski definition) is 1. The molecule has 0 unspecified atom stereocenters. The van der Waals surface area contributed by atoms with Gasteiger partial charge in [0.25, 0.3) is 0 Å². The van der Waals surface area contributed by atoms with Crippen molar-refractivity contribution < 1.29 is 14.3 Å². The van der Waals surface area contributed by atoms with Crippen molar-refractivity contribution in [3.05, 3.63) is 40.9 Å². The summed E-state index contributed by atoms with van der Waals surface area (Å²) < 4.78 is 6.51. The molecule has 2 aromatic heterocycles. The first-order chi connectivity index (χ1) is 15.1. The predicted octanol–water partition coefficient (Wildman–Crippen LogP) is 3.30. The molecule has 0 atom stereocenters. The molecule has 2 heterocycles. The molecule has 3 rings (SSSR count). The van der Waals surface area contributed by atoms with Crippen molar-refractivity contribution in [2.45, 2.75) is 44.7 Å². The Kier molecular flexibility index (Phi) is 8.53. The van der Waals surface area contributed by atoms with E-state index in [1.807, 2.05) is 12.1 Å². The van der Waals surface area contributed by atoms with Crippen molar-refractivity contribution in [2.24, 2.45) is 0 Å². The van der Waals surface area contributed by atoms with Gasteiger partial charge in [-0.15, -0.1) is 16.4 Å². The van der Waals surface area contributed by atoms with Crippen LogP contribution in [0, 0.1) is 0 Å². The molecule has 0 aliphatic heterocycles. The maximum absolute atomic E-state index is 12.3. The first-order valence-corrected chi connectivity index (χ1v) is 11.9. The van der Waals surface area contributed by atoms with Crippen molar-refractivity contribution >= 4 is 40.1 Å². The molecule has 3 aromatic rings. The van der Waals surface area contributed by atoms with E-state index in [9.17, 15) is 9.59 Å². The fraction of sp³-hybridized carbons (Fsp3) is 0.400. The maximum atomic E-state index is 12.3. The summed E-state index contributed by atoms with van der Waals surface area (Å²) in [6.07, 6.45) is 3.45. The number of ether oxygens (including phenoxy) is 1. The molecule has 1 aromatic carbocycles. The number of thioether (sulfide) groups is 1. The number of aryl methyl sites for hydroxylation is 1. The van der Waals surface area contributed by atoms with Crippen LogP contribution in [0.15, 0.2) is 34.8 Å². The Morgan fingerprint density at radius 1 is 1.23 bits per heavy atom. The lowest BCUT2D eigenvalue weighted by atomic mass is 10.1. The van der Waals surface area contributed by atoms with Gasteiger partial charge in [-0.05, 0) is 47.9 Å². The number of aromatic nitrogens is 5. The lowest BCUT2D eigenvalue weighted by Gasteiger charge is -2.06. The third-order valence-corrected chi connectivity index (χ3v) is 5.93. The Morgan fingerprint density at radius 3 is 2.77 bits per heavy atom. The van der Waals surface area contributed by atoms with E-state index in [4.69, 9.17) is 4.74 Å². The van der Waals surface area contributed by atoms with Crippen molar-refractivity contribution in [1.82, 2.24) is 25.2 Å². The lowest BCUT2D eigenvalue weighted by molar-refractivity contribution is -0.142. The van der Waals surface area contributed by atoms with Crippen LogP contribution in [0.2, 0.25) is 0 Å². The molecule has 1 amide bonds. The number of carbonyl (C=O) groups is 2. The Labute approximate surface area is 188 Å². The number of carbonyl (C=O) groups excluding carboxylic acids is 2. The Balaban J connectivity index is 1.53. The largest absolute Gasteiger partial charge is 0.466 e. The summed E-state index contributed by atoms with van der Waals surface area (Å²) in [4.78, 5) is 28.1. The van der Waals surface area contributed by atoms with Crippen molar-refractivity contribution in [3.63, 3.8) is 0 Å². The van der Waals surface area contributed by atoms with E-state index in [1.54, 1.807) is 17.0 Å². The standard InChI is InChI=1S/C20H24N6O3S2/c1-3-5-6-14-7-9-16(10-8-14)26-20(23-24-25-26)31-13-17(27)22-19-21-15(12-30-19)11-18(28)29-4-2/h7-10,12H,3-6,11,13H2,1-2H3,(H,21,22,27). The molecule has 0 bridgehead atoms. The van der Waals surface area contributed by atoms with Gasteiger partial charge in [-0.3, -0.25) is 9.59 Å². The van der Waals surface area contributed by atoms with Crippen LogP contribution in [0.25, 0.3) is 5.69 Å². The second-order valence-electron chi connectivity index (χ2n) is 6.61. The Morgan fingerprint density at radius 2 is 2.03 bits per heavy atom. The number of esters is 1. The van der Waals surface area contributed by atoms with Crippen LogP contribution < -0.4 is 5.32 Å². The van der Waals surface area contributed by atoms with Gasteiger partial charge < -0.3 is 10.1 Å². The van der Waals surface area contributed by atoms with Gasteiger partial charge in [0.1, 0.15) is 0 Å². The van der Waals surface area contributed by atoms with E-state index in [0.29, 0.717) is 22.6 Å². The lowest BCUT2D eigenvalue weighted by Crippen LogP contribution is -2.15. The number of unbranched alkanes of at least 4 members (excludes halogenated alkanes) is 1. The summed E-state index contributed by atoms with van der Waals surface area (Å²) in [6.45, 7) is 4.25. The van der Waals surface area contributed by atoms with E-state index in [0.717, 1.165) is 24.9 Å². The number of amides is 1. The summed E-state index contributed by atoms with van der Waals surface area (Å²) >= 11 is 2.50. The number of hydrogen-bond acceptors (Lipinski definition) is 9. The molecule has 9 nitrogen and oxygen atoms in total. The summed E-state index contributed by atoms with van der Waals surface area (Å²) in [7, 11) is 0. The first-order valence-electron chi connectivity index (χ1n) is 9.99. The highest BCUT2D eigenvalue weighted by Crippen LogP contribution is 2.21. The molecule has 11 heteroatoms. The van der Waals surface area contributed by atoms with Crippen molar-refractivity contribution in [3.8, 4) is 5.69 Å². The van der Waals surface area contributed by atoms with Crippen LogP contribution in [0.4, 0.5) is 5.13 Å². The van der Waals surface area contributed by atoms with Crippen LogP contribution >= 0.6 is 23.1 Å². The normalized spacial score (nSPS) is 10.8. The minimum absolute atomic E-state index is 0.0843. The van der Waals surface area contributed by atoms with Gasteiger partial charge in [0.2, 0.25) is 11.1 Å². The van der Waals surface area contributed by atoms with E-state index in [2.05, 4.69) is 44.9 Å². The summed E-state index contributed by atoms with van der Waals surface area (Å²) in [6, 6.07) is 8.10. The number of thiazole rings is 1. The maximum Gasteiger partial charge on any atom is 0.311 e. The number of tetrazole rings is 1. The number of anilines is 1. The van der Waals surface area contributed by atoms with Gasteiger partial charge in [0, 0.05) is 5.38 Å². The van der Waals surface area contributed by atoms with Gasteiger partial charge in [0.15, 0.2) is 5.13 Å². The fourth-order valence-corrected chi connectivity index (χ4v) is 4.12. The molecule has 0 aliphatic carbocycles. The highest BCUT2D eigenvalue weighted by molar-refractivity contribution is 7.99. The molecule has 0 radical (unpaired) electrons. The third kappa shape index (κ3) is 6.86. The van der Waals surface area contributed by atoms with Crippen LogP contribution in [-0.2, 0) is 27.2 Å². The Hall–Kier alpha value is -2.79. The molecule has 0 spiro atoms. The van der Waals surface area contributed by atoms with E-state index in [1.165, 1.54) is 28.7 Å². The van der Waals surface area contributed by atoms with E-state index in [-0.39, 0.29) is 24.1 Å².